The van der Waals surface area contributed by atoms with E-state index in [2.05, 4.69) is 19.1 Å². The summed E-state index contributed by atoms with van der Waals surface area (Å²) in [6, 6.07) is 0. The van der Waals surface area contributed by atoms with Crippen LogP contribution in [0.3, 0.4) is 0 Å². The molecule has 0 aliphatic rings. The van der Waals surface area contributed by atoms with Crippen LogP contribution in [0.15, 0.2) is 12.2 Å². The van der Waals surface area contributed by atoms with Crippen molar-refractivity contribution in [1.29, 1.82) is 0 Å². The second kappa shape index (κ2) is 16.4. The molecule has 0 aliphatic heterocycles. The quantitative estimate of drug-likeness (QED) is 0.431. The molecule has 1 N–H and O–H groups in total. The average Bonchev–Trinajstić information content (AvgIpc) is 2.25. The van der Waals surface area contributed by atoms with E-state index >= 15 is 0 Å². The van der Waals surface area contributed by atoms with Gasteiger partial charge in [0.15, 0.2) is 0 Å². The molecule has 0 saturated heterocycles. The van der Waals surface area contributed by atoms with E-state index in [1.807, 2.05) is 0 Å². The first-order chi connectivity index (χ1) is 7.77. The molecule has 17 heavy (non-hydrogen) atoms. The van der Waals surface area contributed by atoms with Crippen LogP contribution in [-0.4, -0.2) is 11.1 Å². The summed E-state index contributed by atoms with van der Waals surface area (Å²) >= 11 is 0. The summed E-state index contributed by atoms with van der Waals surface area (Å²) in [5.41, 5.74) is 0. The van der Waals surface area contributed by atoms with E-state index in [9.17, 15) is 4.79 Å². The van der Waals surface area contributed by atoms with Crippen molar-refractivity contribution >= 4 is 5.97 Å². The Morgan fingerprint density at radius 1 is 0.941 bits per heavy atom. The van der Waals surface area contributed by atoms with Gasteiger partial charge in [0.2, 0.25) is 0 Å². The smallest absolute Gasteiger partial charge is 0.303 e. The Bertz CT molecular complexity index is 191. The van der Waals surface area contributed by atoms with Gasteiger partial charge in [-0.3, -0.25) is 4.79 Å². The zero-order chi connectivity index (χ0) is 12.1. The molecule has 2 nitrogen and oxygen atoms in total. The van der Waals surface area contributed by atoms with Crippen LogP contribution in [-0.2, 0) is 4.79 Å². The van der Waals surface area contributed by atoms with E-state index < -0.39 is 5.97 Å². The van der Waals surface area contributed by atoms with Crippen molar-refractivity contribution in [1.82, 2.24) is 0 Å². The van der Waals surface area contributed by atoms with Gasteiger partial charge < -0.3 is 5.11 Å². The molecular formula is C14H26LaO2. The van der Waals surface area contributed by atoms with Gasteiger partial charge in [-0.15, -0.1) is 0 Å². The van der Waals surface area contributed by atoms with Crippen LogP contribution < -0.4 is 0 Å². The fourth-order valence-electron chi connectivity index (χ4n) is 1.63. The molecule has 0 aromatic heterocycles. The van der Waals surface area contributed by atoms with E-state index in [-0.39, 0.29) is 35.6 Å². The number of carboxylic acid groups (broad SMARTS) is 1. The van der Waals surface area contributed by atoms with Crippen molar-refractivity contribution in [2.45, 2.75) is 71.1 Å². The van der Waals surface area contributed by atoms with E-state index in [4.69, 9.17) is 5.11 Å². The summed E-state index contributed by atoms with van der Waals surface area (Å²) in [4.78, 5) is 10.3. The van der Waals surface area contributed by atoms with Gasteiger partial charge in [0, 0.05) is 42.0 Å². The van der Waals surface area contributed by atoms with E-state index in [1.165, 1.54) is 44.9 Å². The largest absolute Gasteiger partial charge is 0.481 e. The third-order valence-electron chi connectivity index (χ3n) is 2.65. The minimum absolute atomic E-state index is 0. The Hall–Kier alpha value is 0.405. The first kappa shape index (κ1) is 19.7. The molecule has 0 bridgehead atoms. The van der Waals surface area contributed by atoms with Crippen molar-refractivity contribution < 1.29 is 45.5 Å². The van der Waals surface area contributed by atoms with Crippen molar-refractivity contribution in [3.05, 3.63) is 12.2 Å². The Morgan fingerprint density at radius 2 is 1.47 bits per heavy atom. The molecule has 3 heteroatoms. The summed E-state index contributed by atoms with van der Waals surface area (Å²) in [7, 11) is 0. The van der Waals surface area contributed by atoms with Crippen LogP contribution in [0.25, 0.3) is 0 Å². The summed E-state index contributed by atoms with van der Waals surface area (Å²) < 4.78 is 0. The average molecular weight is 365 g/mol. The molecule has 0 atom stereocenters. The number of rotatable bonds is 11. The molecule has 0 aliphatic carbocycles. The van der Waals surface area contributed by atoms with Crippen molar-refractivity contribution in [3.8, 4) is 0 Å². The van der Waals surface area contributed by atoms with Gasteiger partial charge in [-0.05, 0) is 25.7 Å². The number of carbonyl (C=O) groups is 1. The van der Waals surface area contributed by atoms with E-state index in [0.29, 0.717) is 6.42 Å². The van der Waals surface area contributed by atoms with Crippen LogP contribution in [0.1, 0.15) is 71.1 Å². The Balaban J connectivity index is 0. The fraction of sp³-hybridized carbons (Fsp3) is 0.786. The topological polar surface area (TPSA) is 37.3 Å². The van der Waals surface area contributed by atoms with Crippen LogP contribution in [0.4, 0.5) is 0 Å². The first-order valence-corrected chi connectivity index (χ1v) is 6.64. The van der Waals surface area contributed by atoms with E-state index in [1.54, 1.807) is 0 Å². The number of hydrogen-bond donors (Lipinski definition) is 1. The van der Waals surface area contributed by atoms with Crippen molar-refractivity contribution in [2.75, 3.05) is 0 Å². The molecule has 0 rings (SSSR count). The molecule has 97 valence electrons. The van der Waals surface area contributed by atoms with Crippen molar-refractivity contribution in [2.24, 2.45) is 0 Å². The standard InChI is InChI=1S/C14H26O2.La/c1-2-3-4-5-6-7-8-9-10-11-12-13-14(15)16;/h5-6H,2-4,7-13H2,1H3,(H,15,16);. The van der Waals surface area contributed by atoms with Gasteiger partial charge in [0.25, 0.3) is 0 Å². The second-order valence-electron chi connectivity index (χ2n) is 4.31. The molecule has 0 unspecified atom stereocenters. The molecule has 0 aromatic carbocycles. The molecule has 0 amide bonds. The third kappa shape index (κ3) is 18.9. The SMILES string of the molecule is CCCCC=CCCCCCCCC(=O)O.[La]. The van der Waals surface area contributed by atoms with Crippen LogP contribution in [0, 0.1) is 35.6 Å². The van der Waals surface area contributed by atoms with Crippen molar-refractivity contribution in [3.63, 3.8) is 0 Å². The van der Waals surface area contributed by atoms with Crippen LogP contribution in [0.5, 0.6) is 0 Å². The number of aliphatic carboxylic acids is 1. The maximum absolute atomic E-state index is 10.3. The summed E-state index contributed by atoms with van der Waals surface area (Å²) in [6.45, 7) is 2.21. The summed E-state index contributed by atoms with van der Waals surface area (Å²) in [6.07, 6.45) is 15.4. The van der Waals surface area contributed by atoms with Crippen LogP contribution in [0.2, 0.25) is 0 Å². The number of allylic oxidation sites excluding steroid dienone is 2. The third-order valence-corrected chi connectivity index (χ3v) is 2.65. The monoisotopic (exact) mass is 365 g/mol. The normalized spacial score (nSPS) is 10.4. The molecule has 0 aromatic rings. The summed E-state index contributed by atoms with van der Waals surface area (Å²) in [5, 5.41) is 8.45. The second-order valence-corrected chi connectivity index (χ2v) is 4.31. The predicted molar refractivity (Wildman–Crippen MR) is 68.6 cm³/mol. The van der Waals surface area contributed by atoms with Gasteiger partial charge in [-0.2, -0.15) is 0 Å². The minimum Gasteiger partial charge on any atom is -0.481 e. The number of unbranched alkanes of at least 4 members (excludes halogenated alkanes) is 7. The summed E-state index contributed by atoms with van der Waals surface area (Å²) in [5.74, 6) is -0.668. The number of hydrogen-bond acceptors (Lipinski definition) is 1. The van der Waals surface area contributed by atoms with Crippen LogP contribution >= 0.6 is 0 Å². The maximum Gasteiger partial charge on any atom is 0.303 e. The zero-order valence-electron chi connectivity index (χ0n) is 11.2. The Morgan fingerprint density at radius 3 is 2.06 bits per heavy atom. The van der Waals surface area contributed by atoms with Gasteiger partial charge >= 0.3 is 5.97 Å². The molecule has 0 saturated carbocycles. The van der Waals surface area contributed by atoms with Gasteiger partial charge in [0.05, 0.1) is 0 Å². The molecule has 0 heterocycles. The zero-order valence-corrected chi connectivity index (χ0v) is 14.8. The van der Waals surface area contributed by atoms with E-state index in [0.717, 1.165) is 12.8 Å². The molecule has 0 fully saturated rings. The van der Waals surface area contributed by atoms with Gasteiger partial charge in [-0.1, -0.05) is 51.2 Å². The fourth-order valence-corrected chi connectivity index (χ4v) is 1.63. The van der Waals surface area contributed by atoms with Gasteiger partial charge in [-0.25, -0.2) is 0 Å². The number of carboxylic acids is 1. The Labute approximate surface area is 134 Å². The molecular weight excluding hydrogens is 339 g/mol. The Kier molecular flexibility index (Phi) is 19.0. The first-order valence-electron chi connectivity index (χ1n) is 6.64. The predicted octanol–water partition coefficient (Wildman–Crippen LogP) is 4.55. The minimum atomic E-state index is -0.668. The van der Waals surface area contributed by atoms with Gasteiger partial charge in [0.1, 0.15) is 0 Å². The molecule has 0 spiro atoms. The maximum atomic E-state index is 10.3. The molecule has 1 radical (unpaired) electrons.